The first-order chi connectivity index (χ1) is 17.1. The normalized spacial score (nSPS) is 18.6. The van der Waals surface area contributed by atoms with Crippen LogP contribution in [0.5, 0.6) is 0 Å². The molecule has 1 amide bonds. The smallest absolute Gasteiger partial charge is 0.317 e. The van der Waals surface area contributed by atoms with Crippen molar-refractivity contribution in [2.75, 3.05) is 85.6 Å². The third-order valence-electron chi connectivity index (χ3n) is 6.06. The molecular weight excluding hydrogens is 452 g/mol. The van der Waals surface area contributed by atoms with E-state index in [0.29, 0.717) is 85.5 Å². The zero-order valence-corrected chi connectivity index (χ0v) is 22.1. The van der Waals surface area contributed by atoms with Crippen LogP contribution in [0.15, 0.2) is 0 Å². The van der Waals surface area contributed by atoms with Crippen LogP contribution in [-0.4, -0.2) is 112 Å². The van der Waals surface area contributed by atoms with Gasteiger partial charge >= 0.3 is 5.97 Å². The lowest BCUT2D eigenvalue weighted by atomic mass is 10.1. The van der Waals surface area contributed by atoms with Crippen LogP contribution in [0.4, 0.5) is 0 Å². The Morgan fingerprint density at radius 1 is 0.629 bits per heavy atom. The molecule has 1 rings (SSSR count). The minimum atomic E-state index is -0.865. The lowest BCUT2D eigenvalue weighted by Crippen LogP contribution is -2.37. The number of ether oxygens (including phenoxy) is 4. The van der Waals surface area contributed by atoms with Gasteiger partial charge in [0.15, 0.2) is 0 Å². The number of carboxylic acids is 1. The fourth-order valence-corrected chi connectivity index (χ4v) is 3.95. The van der Waals surface area contributed by atoms with Crippen LogP contribution in [0.2, 0.25) is 0 Å². The molecule has 35 heavy (non-hydrogen) atoms. The van der Waals surface area contributed by atoms with E-state index in [1.807, 2.05) is 4.90 Å². The van der Waals surface area contributed by atoms with Gasteiger partial charge in [0.25, 0.3) is 0 Å². The Bertz CT molecular complexity index is 502. The molecule has 1 fully saturated rings. The molecule has 0 aromatic rings. The first-order valence-electron chi connectivity index (χ1n) is 13.7. The van der Waals surface area contributed by atoms with E-state index in [2.05, 4.69) is 6.92 Å². The van der Waals surface area contributed by atoms with Gasteiger partial charge in [0, 0.05) is 32.6 Å². The molecule has 1 N–H and O–H groups in total. The molecule has 206 valence electrons. The lowest BCUT2D eigenvalue weighted by molar-refractivity contribution is -0.138. The third-order valence-corrected chi connectivity index (χ3v) is 6.06. The Kier molecular flexibility index (Phi) is 21.0. The predicted octanol–water partition coefficient (Wildman–Crippen LogP) is 3.20. The van der Waals surface area contributed by atoms with E-state index in [-0.39, 0.29) is 12.5 Å². The topological polar surface area (TPSA) is 97.8 Å². The minimum Gasteiger partial charge on any atom is -0.480 e. The molecule has 0 radical (unpaired) electrons. The molecule has 0 aromatic heterocycles. The van der Waals surface area contributed by atoms with E-state index in [0.717, 1.165) is 12.8 Å². The van der Waals surface area contributed by atoms with Crippen LogP contribution in [0.25, 0.3) is 0 Å². The van der Waals surface area contributed by atoms with Crippen LogP contribution in [0, 0.1) is 0 Å². The molecule has 0 bridgehead atoms. The van der Waals surface area contributed by atoms with Gasteiger partial charge < -0.3 is 29.0 Å². The maximum atomic E-state index is 12.8. The standard InChI is InChI=1S/C26H50N2O7/c1-2-3-4-5-6-7-8-9-10-11-25(29)28-14-18-34-22-20-32-16-12-27(24-26(30)31)13-17-33-21-23-35-19-15-28/h2-24H2,1H3,(H,30,31). The van der Waals surface area contributed by atoms with E-state index >= 15 is 0 Å². The summed E-state index contributed by atoms with van der Waals surface area (Å²) in [6.07, 6.45) is 11.7. The van der Waals surface area contributed by atoms with Gasteiger partial charge in [0.05, 0.1) is 59.4 Å². The number of hydrogen-bond acceptors (Lipinski definition) is 7. The summed E-state index contributed by atoms with van der Waals surface area (Å²) in [5.74, 6) is -0.698. The van der Waals surface area contributed by atoms with Crippen molar-refractivity contribution in [3.8, 4) is 0 Å². The van der Waals surface area contributed by atoms with Crippen molar-refractivity contribution < 1.29 is 33.6 Å². The van der Waals surface area contributed by atoms with Crippen LogP contribution in [0.1, 0.15) is 71.1 Å². The second-order valence-electron chi connectivity index (χ2n) is 9.08. The van der Waals surface area contributed by atoms with Crippen molar-refractivity contribution in [2.24, 2.45) is 0 Å². The number of aliphatic carboxylic acids is 1. The number of carbonyl (C=O) groups excluding carboxylic acids is 1. The highest BCUT2D eigenvalue weighted by Crippen LogP contribution is 2.11. The third kappa shape index (κ3) is 19.6. The van der Waals surface area contributed by atoms with Gasteiger partial charge in [0.2, 0.25) is 5.91 Å². The van der Waals surface area contributed by atoms with Crippen LogP contribution < -0.4 is 0 Å². The van der Waals surface area contributed by atoms with Crippen LogP contribution in [0.3, 0.4) is 0 Å². The Hall–Kier alpha value is -1.26. The second-order valence-corrected chi connectivity index (χ2v) is 9.08. The van der Waals surface area contributed by atoms with Crippen molar-refractivity contribution in [1.29, 1.82) is 0 Å². The molecule has 0 aromatic carbocycles. The number of nitrogens with zero attached hydrogens (tertiary/aromatic N) is 2. The van der Waals surface area contributed by atoms with Crippen molar-refractivity contribution in [3.63, 3.8) is 0 Å². The van der Waals surface area contributed by atoms with Gasteiger partial charge in [-0.1, -0.05) is 58.3 Å². The summed E-state index contributed by atoms with van der Waals surface area (Å²) in [6.45, 7) is 7.88. The quantitative estimate of drug-likeness (QED) is 0.406. The monoisotopic (exact) mass is 502 g/mol. The summed E-state index contributed by atoms with van der Waals surface area (Å²) in [4.78, 5) is 27.4. The fourth-order valence-electron chi connectivity index (χ4n) is 3.95. The minimum absolute atomic E-state index is 0.0391. The highest BCUT2D eigenvalue weighted by Gasteiger charge is 2.14. The van der Waals surface area contributed by atoms with Crippen molar-refractivity contribution in [2.45, 2.75) is 71.1 Å². The number of unbranched alkanes of at least 4 members (excludes halogenated alkanes) is 8. The molecule has 1 saturated heterocycles. The summed E-state index contributed by atoms with van der Waals surface area (Å²) in [6, 6.07) is 0. The van der Waals surface area contributed by atoms with Crippen molar-refractivity contribution in [3.05, 3.63) is 0 Å². The SMILES string of the molecule is CCCCCCCCCCCC(=O)N1CCOCCOCCN(CC(=O)O)CCOCCOCC1. The molecule has 0 atom stereocenters. The number of carboxylic acid groups (broad SMARTS) is 1. The van der Waals surface area contributed by atoms with Gasteiger partial charge in [-0.25, -0.2) is 0 Å². The lowest BCUT2D eigenvalue weighted by Gasteiger charge is -2.23. The first kappa shape index (κ1) is 31.8. The van der Waals surface area contributed by atoms with Gasteiger partial charge in [-0.2, -0.15) is 0 Å². The maximum Gasteiger partial charge on any atom is 0.317 e. The molecule has 9 nitrogen and oxygen atoms in total. The average molecular weight is 503 g/mol. The number of carbonyl (C=O) groups is 2. The zero-order chi connectivity index (χ0) is 25.4. The molecule has 1 heterocycles. The van der Waals surface area contributed by atoms with Crippen molar-refractivity contribution >= 4 is 11.9 Å². The molecular formula is C26H50N2O7. The molecule has 0 saturated carbocycles. The summed E-state index contributed by atoms with van der Waals surface area (Å²) >= 11 is 0. The summed E-state index contributed by atoms with van der Waals surface area (Å²) < 4.78 is 22.5. The van der Waals surface area contributed by atoms with Gasteiger partial charge in [0.1, 0.15) is 0 Å². The highest BCUT2D eigenvalue weighted by atomic mass is 16.5. The number of amides is 1. The van der Waals surface area contributed by atoms with Crippen LogP contribution in [-0.2, 0) is 28.5 Å². The maximum absolute atomic E-state index is 12.8. The summed E-state index contributed by atoms with van der Waals surface area (Å²) in [5.41, 5.74) is 0. The van der Waals surface area contributed by atoms with E-state index in [4.69, 9.17) is 24.1 Å². The Balaban J connectivity index is 2.30. The molecule has 0 aliphatic carbocycles. The van der Waals surface area contributed by atoms with E-state index in [1.165, 1.54) is 44.9 Å². The highest BCUT2D eigenvalue weighted by molar-refractivity contribution is 5.76. The van der Waals surface area contributed by atoms with E-state index in [1.54, 1.807) is 4.90 Å². The Morgan fingerprint density at radius 3 is 1.51 bits per heavy atom. The van der Waals surface area contributed by atoms with E-state index < -0.39 is 5.97 Å². The Labute approximate surface area is 212 Å². The van der Waals surface area contributed by atoms with E-state index in [9.17, 15) is 9.59 Å². The average Bonchev–Trinajstić information content (AvgIpc) is 2.83. The second kappa shape index (κ2) is 23.2. The van der Waals surface area contributed by atoms with Gasteiger partial charge in [-0.3, -0.25) is 14.5 Å². The number of hydrogen-bond donors (Lipinski definition) is 1. The molecule has 0 spiro atoms. The predicted molar refractivity (Wildman–Crippen MR) is 136 cm³/mol. The molecule has 1 aliphatic rings. The fraction of sp³-hybridized carbons (Fsp3) is 0.923. The number of rotatable bonds is 12. The van der Waals surface area contributed by atoms with Crippen molar-refractivity contribution in [1.82, 2.24) is 9.80 Å². The zero-order valence-electron chi connectivity index (χ0n) is 22.1. The van der Waals surface area contributed by atoms with Gasteiger partial charge in [-0.05, 0) is 6.42 Å². The largest absolute Gasteiger partial charge is 0.480 e. The summed E-state index contributed by atoms with van der Waals surface area (Å²) in [7, 11) is 0. The Morgan fingerprint density at radius 2 is 1.06 bits per heavy atom. The molecule has 0 unspecified atom stereocenters. The van der Waals surface area contributed by atoms with Gasteiger partial charge in [-0.15, -0.1) is 0 Å². The first-order valence-corrected chi connectivity index (χ1v) is 13.7. The molecule has 9 heteroatoms. The summed E-state index contributed by atoms with van der Waals surface area (Å²) in [5, 5.41) is 9.05. The van der Waals surface area contributed by atoms with Crippen LogP contribution >= 0.6 is 0 Å². The molecule has 1 aliphatic heterocycles.